The molecule has 3 rings (SSSR count). The van der Waals surface area contributed by atoms with Gasteiger partial charge in [-0.1, -0.05) is 24.3 Å². The average Bonchev–Trinajstić information content (AvgIpc) is 3.15. The van der Waals surface area contributed by atoms with Crippen LogP contribution in [-0.4, -0.2) is 29.0 Å². The molecule has 0 aliphatic rings. The zero-order valence-electron chi connectivity index (χ0n) is 16.2. The van der Waals surface area contributed by atoms with Crippen LogP contribution in [0.3, 0.4) is 0 Å². The van der Waals surface area contributed by atoms with Crippen molar-refractivity contribution in [2.24, 2.45) is 0 Å². The Morgan fingerprint density at radius 2 is 1.90 bits per heavy atom. The van der Waals surface area contributed by atoms with Crippen LogP contribution in [0.5, 0.6) is 11.5 Å². The molecule has 0 radical (unpaired) electrons. The topological polar surface area (TPSA) is 101 Å². The number of aromatic nitrogens is 1. The Labute approximate surface area is 172 Å². The van der Waals surface area contributed by atoms with E-state index in [1.807, 2.05) is 36.6 Å². The van der Waals surface area contributed by atoms with Crippen LogP contribution < -0.4 is 15.4 Å². The van der Waals surface area contributed by atoms with Gasteiger partial charge in [-0.3, -0.25) is 14.9 Å². The number of amides is 2. The maximum absolute atomic E-state index is 12.4. The standard InChI is InChI=1S/C21H21N3O4S/c1-12(22-13(2)25)14-4-6-15(7-5-14)18-11-29-21(23-18)24-20(27)17-9-8-16(28-3)10-19(17)26/h4-12,26H,1-3H3,(H,22,25)(H,23,24,27). The monoisotopic (exact) mass is 411 g/mol. The molecule has 0 aliphatic heterocycles. The third-order valence-electron chi connectivity index (χ3n) is 4.30. The van der Waals surface area contributed by atoms with Crippen LogP contribution in [0.4, 0.5) is 5.13 Å². The van der Waals surface area contributed by atoms with Crippen LogP contribution >= 0.6 is 11.3 Å². The minimum absolute atomic E-state index is 0.0793. The van der Waals surface area contributed by atoms with Gasteiger partial charge in [-0.05, 0) is 24.6 Å². The molecule has 2 amide bonds. The van der Waals surface area contributed by atoms with Crippen LogP contribution in [0.2, 0.25) is 0 Å². The van der Waals surface area contributed by atoms with Gasteiger partial charge in [0.15, 0.2) is 5.13 Å². The van der Waals surface area contributed by atoms with Gasteiger partial charge in [-0.15, -0.1) is 11.3 Å². The van der Waals surface area contributed by atoms with E-state index in [2.05, 4.69) is 15.6 Å². The summed E-state index contributed by atoms with van der Waals surface area (Å²) < 4.78 is 5.02. The quantitative estimate of drug-likeness (QED) is 0.570. The van der Waals surface area contributed by atoms with Crippen molar-refractivity contribution in [1.82, 2.24) is 10.3 Å². The Bertz CT molecular complexity index is 1030. The molecular formula is C21H21N3O4S. The third kappa shape index (κ3) is 4.91. The van der Waals surface area contributed by atoms with Crippen molar-refractivity contribution in [2.75, 3.05) is 12.4 Å². The lowest BCUT2D eigenvalue weighted by atomic mass is 10.1. The molecule has 150 valence electrons. The zero-order valence-corrected chi connectivity index (χ0v) is 17.0. The number of anilines is 1. The molecule has 0 saturated heterocycles. The maximum atomic E-state index is 12.4. The van der Waals surface area contributed by atoms with Crippen molar-refractivity contribution in [3.63, 3.8) is 0 Å². The van der Waals surface area contributed by atoms with Crippen LogP contribution in [0.1, 0.15) is 35.8 Å². The van der Waals surface area contributed by atoms with E-state index < -0.39 is 5.91 Å². The lowest BCUT2D eigenvalue weighted by Crippen LogP contribution is -2.23. The fraction of sp³-hybridized carbons (Fsp3) is 0.190. The van der Waals surface area contributed by atoms with E-state index in [9.17, 15) is 14.7 Å². The second kappa shape index (κ2) is 8.74. The van der Waals surface area contributed by atoms with Gasteiger partial charge in [0.05, 0.1) is 24.4 Å². The average molecular weight is 411 g/mol. The predicted molar refractivity (Wildman–Crippen MR) is 112 cm³/mol. The van der Waals surface area contributed by atoms with Gasteiger partial charge in [0.1, 0.15) is 11.5 Å². The maximum Gasteiger partial charge on any atom is 0.261 e. The number of hydrogen-bond acceptors (Lipinski definition) is 6. The molecule has 7 nitrogen and oxygen atoms in total. The van der Waals surface area contributed by atoms with Gasteiger partial charge in [-0.2, -0.15) is 0 Å². The number of hydrogen-bond donors (Lipinski definition) is 3. The number of nitrogens with zero attached hydrogens (tertiary/aromatic N) is 1. The van der Waals surface area contributed by atoms with Crippen molar-refractivity contribution in [2.45, 2.75) is 19.9 Å². The molecule has 0 aliphatic carbocycles. The molecule has 0 bridgehead atoms. The van der Waals surface area contributed by atoms with Gasteiger partial charge in [0.2, 0.25) is 5.91 Å². The molecule has 3 aromatic rings. The van der Waals surface area contributed by atoms with Crippen molar-refractivity contribution < 1.29 is 19.4 Å². The number of phenols is 1. The van der Waals surface area contributed by atoms with Crippen molar-refractivity contribution in [1.29, 1.82) is 0 Å². The number of methoxy groups -OCH3 is 1. The van der Waals surface area contributed by atoms with Gasteiger partial charge >= 0.3 is 0 Å². The van der Waals surface area contributed by atoms with Crippen molar-refractivity contribution >= 4 is 28.3 Å². The predicted octanol–water partition coefficient (Wildman–Crippen LogP) is 3.97. The highest BCUT2D eigenvalue weighted by Gasteiger charge is 2.15. The summed E-state index contributed by atoms with van der Waals surface area (Å²) in [6.45, 7) is 3.41. The summed E-state index contributed by atoms with van der Waals surface area (Å²) in [6, 6.07) is 12.1. The summed E-state index contributed by atoms with van der Waals surface area (Å²) in [4.78, 5) is 28.0. The summed E-state index contributed by atoms with van der Waals surface area (Å²) in [5, 5.41) is 17.8. The normalized spacial score (nSPS) is 11.6. The highest BCUT2D eigenvalue weighted by atomic mass is 32.1. The Hall–Kier alpha value is -3.39. The number of phenolic OH excluding ortho intramolecular Hbond substituents is 1. The largest absolute Gasteiger partial charge is 0.507 e. The van der Waals surface area contributed by atoms with Crippen molar-refractivity contribution in [3.05, 3.63) is 59.0 Å². The summed E-state index contributed by atoms with van der Waals surface area (Å²) in [6.07, 6.45) is 0. The first-order valence-corrected chi connectivity index (χ1v) is 9.76. The van der Waals surface area contributed by atoms with Crippen LogP contribution in [0.15, 0.2) is 47.8 Å². The SMILES string of the molecule is COc1ccc(C(=O)Nc2nc(-c3ccc(C(C)NC(C)=O)cc3)cs2)c(O)c1. The van der Waals surface area contributed by atoms with E-state index in [0.29, 0.717) is 10.9 Å². The van der Waals surface area contributed by atoms with Gasteiger partial charge in [0, 0.05) is 23.9 Å². The molecule has 8 heteroatoms. The molecule has 0 saturated carbocycles. The first-order chi connectivity index (χ1) is 13.9. The van der Waals surface area contributed by atoms with E-state index >= 15 is 0 Å². The number of benzene rings is 2. The highest BCUT2D eigenvalue weighted by Crippen LogP contribution is 2.28. The van der Waals surface area contributed by atoms with Gasteiger partial charge < -0.3 is 15.2 Å². The Morgan fingerprint density at radius 3 is 2.52 bits per heavy atom. The number of carbonyl (C=O) groups excluding carboxylic acids is 2. The smallest absolute Gasteiger partial charge is 0.261 e. The highest BCUT2D eigenvalue weighted by molar-refractivity contribution is 7.14. The number of nitrogens with one attached hydrogen (secondary N) is 2. The summed E-state index contributed by atoms with van der Waals surface area (Å²) in [5.74, 6) is -0.232. The lowest BCUT2D eigenvalue weighted by Gasteiger charge is -2.13. The van der Waals surface area contributed by atoms with Crippen molar-refractivity contribution in [3.8, 4) is 22.8 Å². The molecule has 0 fully saturated rings. The van der Waals surface area contributed by atoms with Gasteiger partial charge in [0.25, 0.3) is 5.91 Å². The van der Waals surface area contributed by atoms with Gasteiger partial charge in [-0.25, -0.2) is 4.98 Å². The zero-order chi connectivity index (χ0) is 21.0. The van der Waals surface area contributed by atoms with Crippen LogP contribution in [-0.2, 0) is 4.79 Å². The van der Waals surface area contributed by atoms with E-state index in [-0.39, 0.29) is 23.3 Å². The minimum Gasteiger partial charge on any atom is -0.507 e. The second-order valence-corrected chi connectivity index (χ2v) is 7.28. The Morgan fingerprint density at radius 1 is 1.17 bits per heavy atom. The number of carbonyl (C=O) groups is 2. The number of ether oxygens (including phenoxy) is 1. The summed E-state index contributed by atoms with van der Waals surface area (Å²) in [7, 11) is 1.48. The fourth-order valence-corrected chi connectivity index (χ4v) is 3.50. The van der Waals surface area contributed by atoms with E-state index in [0.717, 1.165) is 16.8 Å². The Kier molecular flexibility index (Phi) is 6.13. The van der Waals surface area contributed by atoms with Crippen LogP contribution in [0.25, 0.3) is 11.3 Å². The number of thiazole rings is 1. The first kappa shape index (κ1) is 20.3. The first-order valence-electron chi connectivity index (χ1n) is 8.88. The van der Waals surface area contributed by atoms with E-state index in [4.69, 9.17) is 4.74 Å². The molecule has 2 aromatic carbocycles. The number of rotatable bonds is 6. The molecule has 29 heavy (non-hydrogen) atoms. The lowest BCUT2D eigenvalue weighted by molar-refractivity contribution is -0.119. The fourth-order valence-electron chi connectivity index (χ4n) is 2.79. The third-order valence-corrected chi connectivity index (χ3v) is 5.06. The van der Waals surface area contributed by atoms with E-state index in [1.165, 1.54) is 37.5 Å². The molecule has 1 unspecified atom stereocenters. The Balaban J connectivity index is 1.70. The summed E-state index contributed by atoms with van der Waals surface area (Å²) >= 11 is 1.29. The molecule has 0 spiro atoms. The molecule has 1 atom stereocenters. The second-order valence-electron chi connectivity index (χ2n) is 6.42. The van der Waals surface area contributed by atoms with E-state index in [1.54, 1.807) is 6.07 Å². The van der Waals surface area contributed by atoms with Crippen LogP contribution in [0, 0.1) is 0 Å². The number of aromatic hydroxyl groups is 1. The summed E-state index contributed by atoms with van der Waals surface area (Å²) in [5.41, 5.74) is 2.75. The molecule has 1 heterocycles. The minimum atomic E-state index is -0.453. The molecular weight excluding hydrogens is 390 g/mol. The molecule has 3 N–H and O–H groups in total. The molecule has 1 aromatic heterocycles.